The number of benzene rings is 2. The SMILES string of the molecule is CC(=O)N[C@@H](CC(=O)Nc1ccc(C)cc1Cl)c1ccccc1. The molecule has 2 aromatic carbocycles. The van der Waals surface area contributed by atoms with Gasteiger partial charge in [0.15, 0.2) is 0 Å². The molecule has 2 aromatic rings. The number of hydrogen-bond acceptors (Lipinski definition) is 2. The van der Waals surface area contributed by atoms with Gasteiger partial charge in [0.1, 0.15) is 0 Å². The average molecular weight is 331 g/mol. The molecule has 0 unspecified atom stereocenters. The highest BCUT2D eigenvalue weighted by atomic mass is 35.5. The number of halogens is 1. The van der Waals surface area contributed by atoms with Gasteiger partial charge in [0.25, 0.3) is 0 Å². The minimum atomic E-state index is -0.377. The summed E-state index contributed by atoms with van der Waals surface area (Å²) < 4.78 is 0. The Morgan fingerprint density at radius 2 is 1.83 bits per heavy atom. The van der Waals surface area contributed by atoms with Crippen LogP contribution in [0.4, 0.5) is 5.69 Å². The molecule has 120 valence electrons. The smallest absolute Gasteiger partial charge is 0.226 e. The van der Waals surface area contributed by atoms with Gasteiger partial charge in [-0.05, 0) is 30.2 Å². The Hall–Kier alpha value is -2.33. The van der Waals surface area contributed by atoms with Crippen molar-refractivity contribution in [3.8, 4) is 0 Å². The first kappa shape index (κ1) is 17.0. The lowest BCUT2D eigenvalue weighted by molar-refractivity contribution is -0.120. The molecule has 0 aliphatic carbocycles. The summed E-state index contributed by atoms with van der Waals surface area (Å²) in [6, 6.07) is 14.5. The van der Waals surface area contributed by atoms with Crippen molar-refractivity contribution in [1.29, 1.82) is 0 Å². The van der Waals surface area contributed by atoms with Crippen LogP contribution in [0.1, 0.15) is 30.5 Å². The third-order valence-electron chi connectivity index (χ3n) is 3.37. The molecule has 2 rings (SSSR count). The molecule has 0 aliphatic rings. The predicted molar refractivity (Wildman–Crippen MR) is 92.4 cm³/mol. The second kappa shape index (κ2) is 7.79. The predicted octanol–water partition coefficient (Wildman–Crippen LogP) is 3.85. The van der Waals surface area contributed by atoms with Gasteiger partial charge < -0.3 is 10.6 Å². The van der Waals surface area contributed by atoms with Gasteiger partial charge in [0.05, 0.1) is 23.2 Å². The summed E-state index contributed by atoms with van der Waals surface area (Å²) in [6.45, 7) is 3.37. The number of rotatable bonds is 5. The monoisotopic (exact) mass is 330 g/mol. The molecule has 0 aliphatic heterocycles. The Labute approximate surface area is 140 Å². The maximum absolute atomic E-state index is 12.3. The normalized spacial score (nSPS) is 11.6. The van der Waals surface area contributed by atoms with Gasteiger partial charge in [-0.2, -0.15) is 0 Å². The molecule has 0 spiro atoms. The van der Waals surface area contributed by atoms with E-state index in [1.807, 2.05) is 43.3 Å². The number of nitrogens with one attached hydrogen (secondary N) is 2. The molecule has 0 radical (unpaired) electrons. The van der Waals surface area contributed by atoms with E-state index in [1.165, 1.54) is 6.92 Å². The highest BCUT2D eigenvalue weighted by Gasteiger charge is 2.17. The van der Waals surface area contributed by atoms with Crippen molar-refractivity contribution in [2.45, 2.75) is 26.3 Å². The third-order valence-corrected chi connectivity index (χ3v) is 3.68. The molecule has 0 saturated carbocycles. The summed E-state index contributed by atoms with van der Waals surface area (Å²) in [4.78, 5) is 23.7. The third kappa shape index (κ3) is 5.11. The number of carbonyl (C=O) groups is 2. The van der Waals surface area contributed by atoms with Crippen LogP contribution >= 0.6 is 11.6 Å². The number of hydrogen-bond donors (Lipinski definition) is 2. The fourth-order valence-electron chi connectivity index (χ4n) is 2.29. The van der Waals surface area contributed by atoms with E-state index in [-0.39, 0.29) is 24.3 Å². The zero-order valence-corrected chi connectivity index (χ0v) is 13.9. The van der Waals surface area contributed by atoms with Crippen molar-refractivity contribution in [2.75, 3.05) is 5.32 Å². The molecule has 0 heterocycles. The van der Waals surface area contributed by atoms with Gasteiger partial charge in [-0.3, -0.25) is 9.59 Å². The van der Waals surface area contributed by atoms with Crippen LogP contribution in [0.25, 0.3) is 0 Å². The van der Waals surface area contributed by atoms with E-state index >= 15 is 0 Å². The number of carbonyl (C=O) groups excluding carboxylic acids is 2. The minimum Gasteiger partial charge on any atom is -0.349 e. The van der Waals surface area contributed by atoms with Crippen LogP contribution in [0.3, 0.4) is 0 Å². The molecular weight excluding hydrogens is 312 g/mol. The van der Waals surface area contributed by atoms with E-state index in [4.69, 9.17) is 11.6 Å². The van der Waals surface area contributed by atoms with Crippen molar-refractivity contribution in [2.24, 2.45) is 0 Å². The molecule has 2 amide bonds. The van der Waals surface area contributed by atoms with Crippen LogP contribution in [-0.2, 0) is 9.59 Å². The van der Waals surface area contributed by atoms with Gasteiger partial charge in [-0.1, -0.05) is 48.0 Å². The second-order valence-corrected chi connectivity index (χ2v) is 5.81. The zero-order valence-electron chi connectivity index (χ0n) is 13.1. The molecule has 5 heteroatoms. The number of anilines is 1. The van der Waals surface area contributed by atoms with Crippen molar-refractivity contribution in [3.05, 3.63) is 64.7 Å². The topological polar surface area (TPSA) is 58.2 Å². The van der Waals surface area contributed by atoms with Crippen molar-refractivity contribution in [3.63, 3.8) is 0 Å². The van der Waals surface area contributed by atoms with Gasteiger partial charge in [0.2, 0.25) is 11.8 Å². The van der Waals surface area contributed by atoms with Gasteiger partial charge in [-0.25, -0.2) is 0 Å². The fraction of sp³-hybridized carbons (Fsp3) is 0.222. The van der Waals surface area contributed by atoms with Crippen LogP contribution in [-0.4, -0.2) is 11.8 Å². The number of aryl methyl sites for hydroxylation is 1. The first-order valence-corrected chi connectivity index (χ1v) is 7.71. The first-order chi connectivity index (χ1) is 11.0. The highest BCUT2D eigenvalue weighted by molar-refractivity contribution is 6.33. The summed E-state index contributed by atoms with van der Waals surface area (Å²) in [5.74, 6) is -0.390. The Bertz CT molecular complexity index is 701. The van der Waals surface area contributed by atoms with E-state index in [2.05, 4.69) is 10.6 Å². The van der Waals surface area contributed by atoms with Gasteiger partial charge in [-0.15, -0.1) is 0 Å². The Morgan fingerprint density at radius 1 is 1.13 bits per heavy atom. The van der Waals surface area contributed by atoms with Crippen molar-refractivity contribution < 1.29 is 9.59 Å². The molecule has 0 saturated heterocycles. The minimum absolute atomic E-state index is 0.133. The first-order valence-electron chi connectivity index (χ1n) is 7.34. The number of amides is 2. The lowest BCUT2D eigenvalue weighted by atomic mass is 10.0. The summed E-state index contributed by atoms with van der Waals surface area (Å²) in [7, 11) is 0. The van der Waals surface area contributed by atoms with Gasteiger partial charge in [0, 0.05) is 6.92 Å². The zero-order chi connectivity index (χ0) is 16.8. The van der Waals surface area contributed by atoms with E-state index in [0.29, 0.717) is 10.7 Å². The second-order valence-electron chi connectivity index (χ2n) is 5.40. The van der Waals surface area contributed by atoms with Crippen LogP contribution in [0.15, 0.2) is 48.5 Å². The lowest BCUT2D eigenvalue weighted by Gasteiger charge is -2.18. The van der Waals surface area contributed by atoms with Crippen LogP contribution in [0, 0.1) is 6.92 Å². The Morgan fingerprint density at radius 3 is 2.43 bits per heavy atom. The maximum Gasteiger partial charge on any atom is 0.226 e. The van der Waals surface area contributed by atoms with Crippen LogP contribution in [0.5, 0.6) is 0 Å². The maximum atomic E-state index is 12.3. The van der Waals surface area contributed by atoms with E-state index in [1.54, 1.807) is 12.1 Å². The summed E-state index contributed by atoms with van der Waals surface area (Å²) in [5.41, 5.74) is 2.47. The van der Waals surface area contributed by atoms with E-state index < -0.39 is 0 Å². The molecule has 0 aromatic heterocycles. The molecule has 23 heavy (non-hydrogen) atoms. The molecule has 4 nitrogen and oxygen atoms in total. The van der Waals surface area contributed by atoms with Crippen molar-refractivity contribution in [1.82, 2.24) is 5.32 Å². The fourth-order valence-corrected chi connectivity index (χ4v) is 2.57. The molecule has 0 bridgehead atoms. The van der Waals surface area contributed by atoms with E-state index in [9.17, 15) is 9.59 Å². The Kier molecular flexibility index (Phi) is 5.77. The molecule has 1 atom stereocenters. The lowest BCUT2D eigenvalue weighted by Crippen LogP contribution is -2.29. The highest BCUT2D eigenvalue weighted by Crippen LogP contribution is 2.24. The molecular formula is C18H19ClN2O2. The standard InChI is InChI=1S/C18H19ClN2O2/c1-12-8-9-16(15(19)10-12)21-18(23)11-17(20-13(2)22)14-6-4-3-5-7-14/h3-10,17H,11H2,1-2H3,(H,20,22)(H,21,23)/t17-/m0/s1. The molecule has 2 N–H and O–H groups in total. The average Bonchev–Trinajstić information content (AvgIpc) is 2.50. The summed E-state index contributed by atoms with van der Waals surface area (Å²) in [6.07, 6.45) is 0.133. The largest absolute Gasteiger partial charge is 0.349 e. The van der Waals surface area contributed by atoms with Crippen LogP contribution < -0.4 is 10.6 Å². The van der Waals surface area contributed by atoms with E-state index in [0.717, 1.165) is 11.1 Å². The van der Waals surface area contributed by atoms with Crippen molar-refractivity contribution >= 4 is 29.1 Å². The Balaban J connectivity index is 2.09. The molecule has 0 fully saturated rings. The summed E-state index contributed by atoms with van der Waals surface area (Å²) >= 11 is 6.13. The van der Waals surface area contributed by atoms with Gasteiger partial charge >= 0.3 is 0 Å². The summed E-state index contributed by atoms with van der Waals surface area (Å²) in [5, 5.41) is 6.09. The quantitative estimate of drug-likeness (QED) is 0.874. The van der Waals surface area contributed by atoms with Crippen LogP contribution in [0.2, 0.25) is 5.02 Å².